The maximum atomic E-state index is 14.2. The number of hydrogen-bond donors (Lipinski definition) is 2. The topological polar surface area (TPSA) is 49.5 Å². The largest absolute Gasteiger partial charge is 0.389 e. The molecular formula is C12H14BrFN2OS. The zero-order valence-electron chi connectivity index (χ0n) is 9.91. The normalized spacial score (nSPS) is 23.4. The molecule has 1 aliphatic rings. The van der Waals surface area contributed by atoms with Crippen molar-refractivity contribution in [2.45, 2.75) is 18.9 Å². The summed E-state index contributed by atoms with van der Waals surface area (Å²) in [7, 11) is 0. The lowest BCUT2D eigenvalue weighted by Crippen LogP contribution is -2.30. The fourth-order valence-corrected chi connectivity index (χ4v) is 2.97. The lowest BCUT2D eigenvalue weighted by molar-refractivity contribution is 0.0839. The number of halogens is 2. The third-order valence-electron chi connectivity index (χ3n) is 3.12. The van der Waals surface area contributed by atoms with E-state index in [0.717, 1.165) is 0 Å². The number of hydrogen-bond acceptors (Lipinski definition) is 3. The van der Waals surface area contributed by atoms with Crippen molar-refractivity contribution < 1.29 is 9.50 Å². The van der Waals surface area contributed by atoms with Crippen molar-refractivity contribution >= 4 is 38.8 Å². The minimum absolute atomic E-state index is 0.153. The molecule has 0 aromatic heterocycles. The average molecular weight is 333 g/mol. The molecule has 6 heteroatoms. The van der Waals surface area contributed by atoms with Crippen LogP contribution in [0, 0.1) is 5.82 Å². The molecule has 3 nitrogen and oxygen atoms in total. The van der Waals surface area contributed by atoms with Crippen molar-refractivity contribution in [3.05, 3.63) is 28.0 Å². The van der Waals surface area contributed by atoms with Gasteiger partial charge in [0.05, 0.1) is 15.8 Å². The van der Waals surface area contributed by atoms with Crippen molar-refractivity contribution in [2.24, 2.45) is 5.73 Å². The van der Waals surface area contributed by atoms with Gasteiger partial charge in [0.15, 0.2) is 5.82 Å². The molecule has 1 atom stereocenters. The Balaban J connectivity index is 2.37. The van der Waals surface area contributed by atoms with Crippen LogP contribution in [0.2, 0.25) is 0 Å². The molecule has 1 heterocycles. The molecule has 3 N–H and O–H groups in total. The van der Waals surface area contributed by atoms with E-state index in [9.17, 15) is 9.50 Å². The molecule has 0 amide bonds. The fourth-order valence-electron chi connectivity index (χ4n) is 2.12. The molecule has 0 radical (unpaired) electrons. The van der Waals surface area contributed by atoms with Crippen LogP contribution in [0.3, 0.4) is 0 Å². The molecule has 0 aliphatic carbocycles. The Bertz CT molecular complexity index is 507. The highest BCUT2D eigenvalue weighted by Gasteiger charge is 2.33. The SMILES string of the molecule is CC1(O)CCN(c2ccc(C(N)=S)c(Br)c2F)C1. The van der Waals surface area contributed by atoms with E-state index < -0.39 is 11.4 Å². The fraction of sp³-hybridized carbons (Fsp3) is 0.417. The Morgan fingerprint density at radius 3 is 2.78 bits per heavy atom. The first-order valence-corrected chi connectivity index (χ1v) is 6.77. The highest BCUT2D eigenvalue weighted by molar-refractivity contribution is 9.10. The average Bonchev–Trinajstić information content (AvgIpc) is 2.62. The summed E-state index contributed by atoms with van der Waals surface area (Å²) in [5.74, 6) is -0.391. The number of nitrogens with zero attached hydrogens (tertiary/aromatic N) is 1. The zero-order valence-corrected chi connectivity index (χ0v) is 12.3. The molecule has 1 aliphatic heterocycles. The molecule has 0 bridgehead atoms. The van der Waals surface area contributed by atoms with Crippen molar-refractivity contribution in [1.82, 2.24) is 0 Å². The summed E-state index contributed by atoms with van der Waals surface area (Å²) >= 11 is 8.03. The van der Waals surface area contributed by atoms with Crippen molar-refractivity contribution in [1.29, 1.82) is 0 Å². The van der Waals surface area contributed by atoms with Crippen LogP contribution < -0.4 is 10.6 Å². The Hall–Kier alpha value is -0.720. The Kier molecular flexibility index (Phi) is 3.62. The van der Waals surface area contributed by atoms with Crippen LogP contribution in [0.1, 0.15) is 18.9 Å². The summed E-state index contributed by atoms with van der Waals surface area (Å²) in [6, 6.07) is 3.34. The van der Waals surface area contributed by atoms with E-state index in [4.69, 9.17) is 18.0 Å². The lowest BCUT2D eigenvalue weighted by atomic mass is 10.1. The van der Waals surface area contributed by atoms with Gasteiger partial charge in [-0.05, 0) is 41.4 Å². The minimum Gasteiger partial charge on any atom is -0.389 e. The lowest BCUT2D eigenvalue weighted by Gasteiger charge is -2.22. The molecule has 1 unspecified atom stereocenters. The molecule has 2 rings (SSSR count). The van der Waals surface area contributed by atoms with Gasteiger partial charge < -0.3 is 15.7 Å². The quantitative estimate of drug-likeness (QED) is 0.815. The second-order valence-corrected chi connectivity index (χ2v) is 6.03. The summed E-state index contributed by atoms with van der Waals surface area (Å²) in [5.41, 5.74) is 5.69. The van der Waals surface area contributed by atoms with E-state index in [0.29, 0.717) is 30.8 Å². The van der Waals surface area contributed by atoms with Crippen molar-refractivity contribution in [2.75, 3.05) is 18.0 Å². The Morgan fingerprint density at radius 1 is 1.61 bits per heavy atom. The number of benzene rings is 1. The van der Waals surface area contributed by atoms with E-state index in [1.54, 1.807) is 19.1 Å². The molecule has 1 fully saturated rings. The van der Waals surface area contributed by atoms with Crippen molar-refractivity contribution in [3.8, 4) is 0 Å². The van der Waals surface area contributed by atoms with Crippen LogP contribution in [-0.4, -0.2) is 28.8 Å². The zero-order chi connectivity index (χ0) is 13.5. The van der Waals surface area contributed by atoms with Gasteiger partial charge in [0.25, 0.3) is 0 Å². The van der Waals surface area contributed by atoms with E-state index in [-0.39, 0.29) is 9.46 Å². The summed E-state index contributed by atoms with van der Waals surface area (Å²) in [6.45, 7) is 2.80. The highest BCUT2D eigenvalue weighted by Crippen LogP contribution is 2.33. The monoisotopic (exact) mass is 332 g/mol. The van der Waals surface area contributed by atoms with E-state index >= 15 is 0 Å². The predicted molar refractivity (Wildman–Crippen MR) is 77.4 cm³/mol. The smallest absolute Gasteiger partial charge is 0.161 e. The van der Waals surface area contributed by atoms with E-state index in [1.165, 1.54) is 0 Å². The van der Waals surface area contributed by atoms with Gasteiger partial charge in [0.2, 0.25) is 0 Å². The van der Waals surface area contributed by atoms with Gasteiger partial charge in [-0.15, -0.1) is 0 Å². The van der Waals surface area contributed by atoms with Gasteiger partial charge >= 0.3 is 0 Å². The second-order valence-electron chi connectivity index (χ2n) is 4.79. The summed E-state index contributed by atoms with van der Waals surface area (Å²) in [5, 5.41) is 9.91. The summed E-state index contributed by atoms with van der Waals surface area (Å²) < 4.78 is 14.5. The van der Waals surface area contributed by atoms with Crippen LogP contribution in [0.5, 0.6) is 0 Å². The van der Waals surface area contributed by atoms with E-state index in [2.05, 4.69) is 15.9 Å². The number of thiocarbonyl (C=S) groups is 1. The minimum atomic E-state index is -0.763. The van der Waals surface area contributed by atoms with E-state index in [1.807, 2.05) is 4.90 Å². The highest BCUT2D eigenvalue weighted by atomic mass is 79.9. The van der Waals surface area contributed by atoms with Gasteiger partial charge in [-0.3, -0.25) is 0 Å². The molecular weight excluding hydrogens is 319 g/mol. The Morgan fingerprint density at radius 2 is 2.28 bits per heavy atom. The van der Waals surface area contributed by atoms with Gasteiger partial charge in [-0.25, -0.2) is 4.39 Å². The molecule has 1 saturated heterocycles. The molecule has 0 saturated carbocycles. The van der Waals surface area contributed by atoms with Gasteiger partial charge in [0.1, 0.15) is 4.99 Å². The van der Waals surface area contributed by atoms with Crippen LogP contribution in [0.4, 0.5) is 10.1 Å². The van der Waals surface area contributed by atoms with Crippen molar-refractivity contribution in [3.63, 3.8) is 0 Å². The second kappa shape index (κ2) is 4.75. The third kappa shape index (κ3) is 2.50. The number of rotatable bonds is 2. The molecule has 1 aromatic rings. The molecule has 18 heavy (non-hydrogen) atoms. The van der Waals surface area contributed by atoms with Crippen LogP contribution >= 0.6 is 28.1 Å². The maximum absolute atomic E-state index is 14.2. The summed E-state index contributed by atoms with van der Waals surface area (Å²) in [6.07, 6.45) is 0.626. The van der Waals surface area contributed by atoms with Gasteiger partial charge in [0, 0.05) is 18.7 Å². The maximum Gasteiger partial charge on any atom is 0.161 e. The predicted octanol–water partition coefficient (Wildman–Crippen LogP) is 2.18. The first-order chi connectivity index (χ1) is 8.32. The Labute approximate surface area is 119 Å². The van der Waals surface area contributed by atoms with Crippen LogP contribution in [0.15, 0.2) is 16.6 Å². The van der Waals surface area contributed by atoms with Gasteiger partial charge in [-0.2, -0.15) is 0 Å². The molecule has 0 spiro atoms. The first-order valence-electron chi connectivity index (χ1n) is 5.57. The number of aliphatic hydroxyl groups is 1. The first kappa shape index (κ1) is 13.7. The number of β-amino-alcohol motifs (C(OH)–C–C–N with tert-alkyl or cyclic N) is 1. The third-order valence-corrected chi connectivity index (χ3v) is 4.12. The number of anilines is 1. The molecule has 98 valence electrons. The van der Waals surface area contributed by atoms with Gasteiger partial charge in [-0.1, -0.05) is 12.2 Å². The van der Waals surface area contributed by atoms with Crippen LogP contribution in [-0.2, 0) is 0 Å². The number of nitrogens with two attached hydrogens (primary N) is 1. The summed E-state index contributed by atoms with van der Waals surface area (Å²) in [4.78, 5) is 1.98. The standard InChI is InChI=1S/C12H14BrFN2OS/c1-12(17)4-5-16(6-12)8-3-2-7(11(15)18)9(13)10(8)14/h2-3,17H,4-6H2,1H3,(H2,15,18). The molecule has 1 aromatic carbocycles. The van der Waals surface area contributed by atoms with Crippen LogP contribution in [0.25, 0.3) is 0 Å².